The molecule has 11 heteroatoms. The Hall–Kier alpha value is -2.05. The summed E-state index contributed by atoms with van der Waals surface area (Å²) in [7, 11) is 0. The SMILES string of the molecule is Cc1nccc2sc(-c3cnc(NCCSC(C)(C)C)nc3N[C@@H]3C[C@H](C(C)(C)O)[C@@H](O)[C@H]3O)nc12. The molecule has 1 fully saturated rings. The number of hydrogen-bond acceptors (Lipinski definition) is 11. The summed E-state index contributed by atoms with van der Waals surface area (Å²) in [4.78, 5) is 18.4. The minimum atomic E-state index is -1.12. The summed E-state index contributed by atoms with van der Waals surface area (Å²) in [5.74, 6) is 1.43. The van der Waals surface area contributed by atoms with Gasteiger partial charge in [-0.05, 0) is 33.3 Å². The highest BCUT2D eigenvalue weighted by Gasteiger charge is 2.47. The molecule has 0 radical (unpaired) electrons. The molecule has 1 aliphatic carbocycles. The number of nitrogens with zero attached hydrogens (tertiary/aromatic N) is 4. The lowest BCUT2D eigenvalue weighted by Gasteiger charge is -2.28. The molecule has 4 rings (SSSR count). The van der Waals surface area contributed by atoms with Crippen LogP contribution < -0.4 is 10.6 Å². The molecule has 36 heavy (non-hydrogen) atoms. The van der Waals surface area contributed by atoms with Crippen molar-refractivity contribution >= 4 is 45.1 Å². The van der Waals surface area contributed by atoms with Crippen LogP contribution in [0.2, 0.25) is 0 Å². The number of rotatable bonds is 8. The van der Waals surface area contributed by atoms with Gasteiger partial charge in [-0.15, -0.1) is 11.3 Å². The lowest BCUT2D eigenvalue weighted by molar-refractivity contribution is -0.0601. The number of aromatic nitrogens is 4. The number of hydrogen-bond donors (Lipinski definition) is 5. The largest absolute Gasteiger partial charge is 0.390 e. The molecule has 0 spiro atoms. The summed E-state index contributed by atoms with van der Waals surface area (Å²) in [5, 5.41) is 39.2. The van der Waals surface area contributed by atoms with E-state index in [1.807, 2.05) is 24.8 Å². The second-order valence-electron chi connectivity index (χ2n) is 10.8. The first-order valence-electron chi connectivity index (χ1n) is 12.2. The fourth-order valence-corrected chi connectivity index (χ4v) is 6.25. The third-order valence-electron chi connectivity index (χ3n) is 6.34. The monoisotopic (exact) mass is 532 g/mol. The first kappa shape index (κ1) is 27.0. The van der Waals surface area contributed by atoms with Gasteiger partial charge in [-0.25, -0.2) is 9.97 Å². The molecule has 0 aliphatic heterocycles. The minimum absolute atomic E-state index is 0.176. The number of aliphatic hydroxyl groups excluding tert-OH is 2. The molecule has 3 aromatic heterocycles. The summed E-state index contributed by atoms with van der Waals surface area (Å²) < 4.78 is 1.19. The van der Waals surface area contributed by atoms with Crippen molar-refractivity contribution in [2.75, 3.05) is 22.9 Å². The summed E-state index contributed by atoms with van der Waals surface area (Å²) in [6.45, 7) is 12.5. The van der Waals surface area contributed by atoms with Crippen LogP contribution in [0.1, 0.15) is 46.7 Å². The Balaban J connectivity index is 1.64. The van der Waals surface area contributed by atoms with Crippen molar-refractivity contribution in [1.29, 1.82) is 0 Å². The zero-order valence-electron chi connectivity index (χ0n) is 21.6. The summed E-state index contributed by atoms with van der Waals surface area (Å²) in [6, 6.07) is 1.44. The lowest BCUT2D eigenvalue weighted by Crippen LogP contribution is -2.40. The predicted octanol–water partition coefficient (Wildman–Crippen LogP) is 3.69. The molecule has 0 amide bonds. The highest BCUT2D eigenvalue weighted by molar-refractivity contribution is 8.00. The van der Waals surface area contributed by atoms with E-state index in [4.69, 9.17) is 9.97 Å². The fraction of sp³-hybridized carbons (Fsp3) is 0.600. The number of nitrogens with one attached hydrogen (secondary N) is 2. The van der Waals surface area contributed by atoms with Gasteiger partial charge in [-0.3, -0.25) is 4.98 Å². The van der Waals surface area contributed by atoms with E-state index in [9.17, 15) is 15.3 Å². The molecule has 5 N–H and O–H groups in total. The summed E-state index contributed by atoms with van der Waals surface area (Å²) in [6.07, 6.45) is 1.80. The molecule has 0 saturated heterocycles. The van der Waals surface area contributed by atoms with E-state index in [1.54, 1.807) is 26.2 Å². The quantitative estimate of drug-likeness (QED) is 0.273. The second-order valence-corrected chi connectivity index (χ2v) is 13.8. The number of pyridine rings is 1. The van der Waals surface area contributed by atoms with Crippen molar-refractivity contribution in [3.63, 3.8) is 0 Å². The minimum Gasteiger partial charge on any atom is -0.390 e. The third-order valence-corrected chi connectivity index (χ3v) is 8.67. The fourth-order valence-electron chi connectivity index (χ4n) is 4.41. The van der Waals surface area contributed by atoms with E-state index >= 15 is 0 Å². The first-order valence-corrected chi connectivity index (χ1v) is 14.0. The zero-order chi connectivity index (χ0) is 26.3. The molecular weight excluding hydrogens is 496 g/mol. The number of thiazole rings is 1. The van der Waals surface area contributed by atoms with Crippen molar-refractivity contribution in [3.8, 4) is 10.6 Å². The van der Waals surface area contributed by atoms with Gasteiger partial charge in [-0.2, -0.15) is 16.7 Å². The second kappa shape index (κ2) is 10.4. The van der Waals surface area contributed by atoms with E-state index < -0.39 is 29.8 Å². The van der Waals surface area contributed by atoms with E-state index in [0.29, 0.717) is 30.3 Å². The molecule has 3 aromatic rings. The smallest absolute Gasteiger partial charge is 0.224 e. The van der Waals surface area contributed by atoms with E-state index in [0.717, 1.165) is 26.7 Å². The number of aryl methyl sites for hydroxylation is 1. The molecule has 0 bridgehead atoms. The van der Waals surface area contributed by atoms with Crippen LogP contribution in [0.15, 0.2) is 18.5 Å². The van der Waals surface area contributed by atoms with Crippen molar-refractivity contribution in [1.82, 2.24) is 19.9 Å². The van der Waals surface area contributed by atoms with E-state index in [1.165, 1.54) is 11.3 Å². The van der Waals surface area contributed by atoms with Gasteiger partial charge in [0.2, 0.25) is 5.95 Å². The van der Waals surface area contributed by atoms with Gasteiger partial charge in [-0.1, -0.05) is 20.8 Å². The Morgan fingerprint density at radius 1 is 1.11 bits per heavy atom. The van der Waals surface area contributed by atoms with Gasteiger partial charge < -0.3 is 26.0 Å². The molecule has 196 valence electrons. The van der Waals surface area contributed by atoms with E-state index in [-0.39, 0.29) is 4.75 Å². The molecular formula is C25H36N6O3S2. The van der Waals surface area contributed by atoms with Crippen LogP contribution in [0.4, 0.5) is 11.8 Å². The topological polar surface area (TPSA) is 136 Å². The standard InChI is InChI=1S/C25H36N6O3S2/c1-13-18-17(7-8-26-13)36-22(30-18)14-12-28-23(27-9-10-35-24(2,3)4)31-21(14)29-16-11-15(25(5,6)34)19(32)20(16)33/h7-8,12,15-16,19-20,32-34H,9-11H2,1-6H3,(H2,27,28,29,31)/t15-,16+,19+,20-/m0/s1. The van der Waals surface area contributed by atoms with Crippen LogP contribution >= 0.6 is 23.1 Å². The van der Waals surface area contributed by atoms with Crippen LogP contribution in [-0.2, 0) is 0 Å². The van der Waals surface area contributed by atoms with Gasteiger partial charge in [0.25, 0.3) is 0 Å². The van der Waals surface area contributed by atoms with Crippen LogP contribution in [0.25, 0.3) is 20.8 Å². The van der Waals surface area contributed by atoms with Crippen molar-refractivity contribution in [2.24, 2.45) is 5.92 Å². The third kappa shape index (κ3) is 6.08. The number of thioether (sulfide) groups is 1. The van der Waals surface area contributed by atoms with E-state index in [2.05, 4.69) is 41.4 Å². The van der Waals surface area contributed by atoms with Gasteiger partial charge in [0, 0.05) is 35.4 Å². The summed E-state index contributed by atoms with van der Waals surface area (Å²) >= 11 is 3.38. The first-order chi connectivity index (χ1) is 16.8. The van der Waals surface area contributed by atoms with Gasteiger partial charge in [0.15, 0.2) is 0 Å². The number of anilines is 2. The Labute approximate surface area is 220 Å². The summed E-state index contributed by atoms with van der Waals surface area (Å²) in [5.41, 5.74) is 1.27. The van der Waals surface area contributed by atoms with Crippen molar-refractivity contribution < 1.29 is 15.3 Å². The molecule has 3 heterocycles. The maximum absolute atomic E-state index is 10.8. The number of aliphatic hydroxyl groups is 3. The van der Waals surface area contributed by atoms with Crippen LogP contribution in [0.5, 0.6) is 0 Å². The zero-order valence-corrected chi connectivity index (χ0v) is 23.2. The van der Waals surface area contributed by atoms with Crippen LogP contribution in [0, 0.1) is 12.8 Å². The molecule has 0 unspecified atom stereocenters. The Morgan fingerprint density at radius 3 is 2.50 bits per heavy atom. The average molecular weight is 533 g/mol. The molecule has 1 aliphatic rings. The highest BCUT2D eigenvalue weighted by Crippen LogP contribution is 2.39. The molecule has 0 aromatic carbocycles. The highest BCUT2D eigenvalue weighted by atomic mass is 32.2. The molecule has 9 nitrogen and oxygen atoms in total. The maximum atomic E-state index is 10.8. The predicted molar refractivity (Wildman–Crippen MR) is 148 cm³/mol. The van der Waals surface area contributed by atoms with Crippen LogP contribution in [-0.4, -0.2) is 76.2 Å². The average Bonchev–Trinajstić information content (AvgIpc) is 3.34. The van der Waals surface area contributed by atoms with Gasteiger partial charge in [0.05, 0.1) is 33.7 Å². The van der Waals surface area contributed by atoms with Crippen molar-refractivity contribution in [3.05, 3.63) is 24.2 Å². The Morgan fingerprint density at radius 2 is 1.86 bits per heavy atom. The normalized spacial score (nSPS) is 22.8. The van der Waals surface area contributed by atoms with Crippen molar-refractivity contribution in [2.45, 2.75) is 76.6 Å². The van der Waals surface area contributed by atoms with Gasteiger partial charge in [0.1, 0.15) is 22.4 Å². The Bertz CT molecular complexity index is 1210. The molecule has 1 saturated carbocycles. The Kier molecular flexibility index (Phi) is 7.78. The maximum Gasteiger partial charge on any atom is 0.224 e. The molecule has 4 atom stereocenters. The lowest BCUT2D eigenvalue weighted by atomic mass is 9.88. The van der Waals surface area contributed by atoms with Crippen LogP contribution in [0.3, 0.4) is 0 Å². The van der Waals surface area contributed by atoms with Gasteiger partial charge >= 0.3 is 0 Å². The number of fused-ring (bicyclic) bond motifs is 1.